The number of aliphatic hydroxyl groups is 2. The molecule has 226 valence electrons. The number of hydrogen-bond acceptors (Lipinski definition) is 13. The van der Waals surface area contributed by atoms with Gasteiger partial charge in [-0.25, -0.2) is 4.79 Å². The molecule has 2 unspecified atom stereocenters. The van der Waals surface area contributed by atoms with Crippen molar-refractivity contribution in [2.24, 2.45) is 0 Å². The first kappa shape index (κ1) is 36.4. The van der Waals surface area contributed by atoms with Crippen LogP contribution in [-0.2, 0) is 23.7 Å². The summed E-state index contributed by atoms with van der Waals surface area (Å²) in [5, 5.41) is 37.9. The molecule has 0 saturated heterocycles. The molecule has 38 heavy (non-hydrogen) atoms. The molecule has 0 radical (unpaired) electrons. The number of esters is 1. The van der Waals surface area contributed by atoms with Crippen LogP contribution in [0.5, 0.6) is 0 Å². The van der Waals surface area contributed by atoms with Crippen LogP contribution in [0.25, 0.3) is 0 Å². The van der Waals surface area contributed by atoms with Crippen LogP contribution in [0.15, 0.2) is 0 Å². The van der Waals surface area contributed by atoms with Gasteiger partial charge in [0.25, 0.3) is 0 Å². The number of ether oxygens (including phenoxy) is 4. The van der Waals surface area contributed by atoms with Gasteiger partial charge in [0.1, 0.15) is 18.8 Å². The highest BCUT2D eigenvalue weighted by Gasteiger charge is 2.11. The Morgan fingerprint density at radius 3 is 1.74 bits per heavy atom. The normalized spacial score (nSPS) is 12.7. The number of carbonyl (C=O) groups is 2. The van der Waals surface area contributed by atoms with E-state index in [0.717, 1.165) is 52.4 Å². The molecule has 0 heterocycles. The summed E-state index contributed by atoms with van der Waals surface area (Å²) in [6.45, 7) is 10.2. The van der Waals surface area contributed by atoms with E-state index >= 15 is 0 Å². The fourth-order valence-electron chi connectivity index (χ4n) is 2.97. The average molecular weight is 553 g/mol. The summed E-state index contributed by atoms with van der Waals surface area (Å²) in [5.74, 6) is -0.461. The van der Waals surface area contributed by atoms with Crippen molar-refractivity contribution in [3.05, 3.63) is 0 Å². The van der Waals surface area contributed by atoms with Crippen LogP contribution in [0.1, 0.15) is 19.8 Å². The van der Waals surface area contributed by atoms with Gasteiger partial charge in [-0.2, -0.15) is 0 Å². The second-order valence-corrected chi connectivity index (χ2v) is 8.55. The van der Waals surface area contributed by atoms with Gasteiger partial charge in [0, 0.05) is 85.6 Å². The van der Waals surface area contributed by atoms with E-state index in [1.807, 2.05) is 7.05 Å². The average Bonchev–Trinajstić information content (AvgIpc) is 2.90. The smallest absolute Gasteiger partial charge is 0.407 e. The maximum absolute atomic E-state index is 11.7. The Morgan fingerprint density at radius 1 is 0.737 bits per heavy atom. The van der Waals surface area contributed by atoms with Crippen molar-refractivity contribution in [1.29, 1.82) is 0 Å². The van der Waals surface area contributed by atoms with E-state index in [1.54, 1.807) is 0 Å². The summed E-state index contributed by atoms with van der Waals surface area (Å²) >= 11 is 0. The molecule has 0 fully saturated rings. The monoisotopic (exact) mass is 552 g/mol. The molecule has 1 amide bonds. The number of hydrogen-bond donors (Lipinski definition) is 8. The summed E-state index contributed by atoms with van der Waals surface area (Å²) in [6.07, 6.45) is -0.717. The lowest BCUT2D eigenvalue weighted by molar-refractivity contribution is -0.152. The van der Waals surface area contributed by atoms with E-state index in [9.17, 15) is 14.7 Å². The molecule has 0 saturated carbocycles. The van der Waals surface area contributed by atoms with Crippen molar-refractivity contribution >= 4 is 12.1 Å². The van der Waals surface area contributed by atoms with Crippen LogP contribution in [0, 0.1) is 0 Å². The lowest BCUT2D eigenvalue weighted by Crippen LogP contribution is -2.38. The Bertz CT molecular complexity index is 550. The zero-order valence-electron chi connectivity index (χ0n) is 23.2. The SMILES string of the molecule is CNCCNCCNCCNCCNCCNC(=O)OCC(O)COCCCCOCC(CO)OC(C)=O. The molecule has 14 nitrogen and oxygen atoms in total. The highest BCUT2D eigenvalue weighted by atomic mass is 16.6. The van der Waals surface area contributed by atoms with Gasteiger partial charge in [0.15, 0.2) is 0 Å². The summed E-state index contributed by atoms with van der Waals surface area (Å²) < 4.78 is 20.6. The Labute approximate surface area is 227 Å². The Balaban J connectivity index is 3.37. The molecule has 0 spiro atoms. The van der Waals surface area contributed by atoms with Gasteiger partial charge < -0.3 is 61.1 Å². The van der Waals surface area contributed by atoms with E-state index in [4.69, 9.17) is 24.1 Å². The molecule has 0 aromatic carbocycles. The predicted octanol–water partition coefficient (Wildman–Crippen LogP) is -2.61. The molecule has 0 aliphatic rings. The first-order valence-electron chi connectivity index (χ1n) is 13.5. The van der Waals surface area contributed by atoms with Crippen molar-refractivity contribution < 1.29 is 38.7 Å². The maximum Gasteiger partial charge on any atom is 0.407 e. The Kier molecular flexibility index (Phi) is 27.2. The fourth-order valence-corrected chi connectivity index (χ4v) is 2.97. The lowest BCUT2D eigenvalue weighted by Gasteiger charge is -2.14. The van der Waals surface area contributed by atoms with Gasteiger partial charge in [-0.15, -0.1) is 0 Å². The second kappa shape index (κ2) is 28.4. The molecule has 2 atom stereocenters. The molecular formula is C24H52N6O8. The van der Waals surface area contributed by atoms with Crippen LogP contribution in [0.2, 0.25) is 0 Å². The minimum Gasteiger partial charge on any atom is -0.458 e. The number of alkyl carbamates (subject to hydrolysis) is 1. The third-order valence-electron chi connectivity index (χ3n) is 4.94. The number of unbranched alkanes of at least 4 members (excludes halogenated alkanes) is 1. The second-order valence-electron chi connectivity index (χ2n) is 8.55. The minimum absolute atomic E-state index is 0.0603. The molecule has 8 N–H and O–H groups in total. The molecule has 0 bridgehead atoms. The predicted molar refractivity (Wildman–Crippen MR) is 144 cm³/mol. The van der Waals surface area contributed by atoms with Crippen LogP contribution in [0.3, 0.4) is 0 Å². The summed E-state index contributed by atoms with van der Waals surface area (Å²) in [6, 6.07) is 0. The van der Waals surface area contributed by atoms with E-state index in [2.05, 4.69) is 31.9 Å². The number of nitrogens with one attached hydrogen (secondary N) is 6. The number of carbonyl (C=O) groups excluding carboxylic acids is 2. The van der Waals surface area contributed by atoms with Gasteiger partial charge in [-0.1, -0.05) is 0 Å². The van der Waals surface area contributed by atoms with Crippen LogP contribution in [-0.4, -0.2) is 147 Å². The van der Waals surface area contributed by atoms with Crippen molar-refractivity contribution in [3.63, 3.8) is 0 Å². The molecule has 0 aromatic heterocycles. The standard InChI is InChI=1S/C24H52N6O8/c1-21(32)38-23(17-31)20-36-16-4-3-15-35-18-22(33)19-37-24(34)30-14-13-29-12-11-28-10-9-27-8-7-26-6-5-25-2/h22-23,25-29,31,33H,3-20H2,1-2H3,(H,30,34). The van der Waals surface area contributed by atoms with E-state index in [1.165, 1.54) is 6.92 Å². The number of rotatable bonds is 28. The van der Waals surface area contributed by atoms with Crippen molar-refractivity contribution in [3.8, 4) is 0 Å². The summed E-state index contributed by atoms with van der Waals surface area (Å²) in [4.78, 5) is 22.5. The molecule has 14 heteroatoms. The van der Waals surface area contributed by atoms with Gasteiger partial charge in [-0.3, -0.25) is 4.79 Å². The van der Waals surface area contributed by atoms with Crippen LogP contribution in [0.4, 0.5) is 4.79 Å². The molecule has 0 aliphatic carbocycles. The van der Waals surface area contributed by atoms with Gasteiger partial charge in [0.05, 0.1) is 19.8 Å². The van der Waals surface area contributed by atoms with E-state index in [-0.39, 0.29) is 26.4 Å². The van der Waals surface area contributed by atoms with Crippen LogP contribution < -0.4 is 31.9 Å². The van der Waals surface area contributed by atoms with Gasteiger partial charge in [-0.05, 0) is 19.9 Å². The first-order valence-corrected chi connectivity index (χ1v) is 13.5. The third-order valence-corrected chi connectivity index (χ3v) is 4.94. The fraction of sp³-hybridized carbons (Fsp3) is 0.917. The summed E-state index contributed by atoms with van der Waals surface area (Å²) in [7, 11) is 1.94. The Hall–Kier alpha value is -1.62. The van der Waals surface area contributed by atoms with Gasteiger partial charge in [0.2, 0.25) is 0 Å². The molecule has 0 rings (SSSR count). The van der Waals surface area contributed by atoms with Crippen molar-refractivity contribution in [2.45, 2.75) is 32.0 Å². The highest BCUT2D eigenvalue weighted by molar-refractivity contribution is 5.67. The van der Waals surface area contributed by atoms with Crippen molar-refractivity contribution in [2.75, 3.05) is 112 Å². The first-order chi connectivity index (χ1) is 18.5. The summed E-state index contributed by atoms with van der Waals surface area (Å²) in [5.41, 5.74) is 0. The quantitative estimate of drug-likeness (QED) is 0.0373. The number of amides is 1. The molecule has 0 aliphatic heterocycles. The van der Waals surface area contributed by atoms with Gasteiger partial charge >= 0.3 is 12.1 Å². The van der Waals surface area contributed by atoms with E-state index in [0.29, 0.717) is 39.1 Å². The molecular weight excluding hydrogens is 500 g/mol. The topological polar surface area (TPSA) is 184 Å². The Morgan fingerprint density at radius 2 is 1.24 bits per heavy atom. The third kappa shape index (κ3) is 27.4. The zero-order valence-corrected chi connectivity index (χ0v) is 23.2. The zero-order chi connectivity index (χ0) is 28.1. The lowest BCUT2D eigenvalue weighted by atomic mass is 10.3. The van der Waals surface area contributed by atoms with E-state index < -0.39 is 24.3 Å². The van der Waals surface area contributed by atoms with Crippen LogP contribution >= 0.6 is 0 Å². The number of aliphatic hydroxyl groups excluding tert-OH is 2. The largest absolute Gasteiger partial charge is 0.458 e. The van der Waals surface area contributed by atoms with Crippen molar-refractivity contribution in [1.82, 2.24) is 31.9 Å². The minimum atomic E-state index is -0.903. The highest BCUT2D eigenvalue weighted by Crippen LogP contribution is 1.97. The number of likely N-dealkylation sites (N-methyl/N-ethyl adjacent to an activating group) is 1. The maximum atomic E-state index is 11.7. The molecule has 0 aromatic rings.